The summed E-state index contributed by atoms with van der Waals surface area (Å²) >= 11 is 0. The van der Waals surface area contributed by atoms with Crippen LogP contribution in [0.4, 0.5) is 0 Å². The number of fused-ring (bicyclic) bond motifs is 3. The van der Waals surface area contributed by atoms with E-state index < -0.39 is 0 Å². The van der Waals surface area contributed by atoms with Gasteiger partial charge in [0.05, 0.1) is 11.7 Å². The second-order valence-corrected chi connectivity index (χ2v) is 6.25. The highest BCUT2D eigenvalue weighted by atomic mass is 14.9. The molecule has 4 heteroatoms. The van der Waals surface area contributed by atoms with Gasteiger partial charge in [0.1, 0.15) is 17.4 Å². The van der Waals surface area contributed by atoms with E-state index in [1.807, 2.05) is 12.3 Å². The molecule has 4 aromatic rings. The zero-order valence-electron chi connectivity index (χ0n) is 13.5. The minimum absolute atomic E-state index is 0.413. The molecule has 0 aliphatic carbocycles. The molecule has 1 aromatic carbocycles. The summed E-state index contributed by atoms with van der Waals surface area (Å²) in [5.41, 5.74) is 5.65. The number of aromatic nitrogens is 3. The Morgan fingerprint density at radius 3 is 2.67 bits per heavy atom. The normalized spacial score (nSPS) is 11.2. The van der Waals surface area contributed by atoms with Gasteiger partial charge >= 0.3 is 0 Å². The summed E-state index contributed by atoms with van der Waals surface area (Å²) in [6, 6.07) is 14.6. The number of hydrogen-bond donors (Lipinski definition) is 1. The van der Waals surface area contributed by atoms with Crippen molar-refractivity contribution in [2.24, 2.45) is 0 Å². The van der Waals surface area contributed by atoms with Crippen molar-refractivity contribution in [2.45, 2.75) is 19.8 Å². The molecule has 4 rings (SSSR count). The Balaban J connectivity index is 1.93. The van der Waals surface area contributed by atoms with Gasteiger partial charge in [-0.05, 0) is 29.2 Å². The molecule has 0 aliphatic rings. The Bertz CT molecular complexity index is 1100. The maximum atomic E-state index is 9.08. The van der Waals surface area contributed by atoms with Crippen LogP contribution in [0.3, 0.4) is 0 Å². The second kappa shape index (κ2) is 5.47. The summed E-state index contributed by atoms with van der Waals surface area (Å²) in [7, 11) is 0. The fourth-order valence-electron chi connectivity index (χ4n) is 2.97. The first-order chi connectivity index (χ1) is 11.7. The Morgan fingerprint density at radius 1 is 1.00 bits per heavy atom. The van der Waals surface area contributed by atoms with Gasteiger partial charge < -0.3 is 4.98 Å². The van der Waals surface area contributed by atoms with Gasteiger partial charge in [-0.3, -0.25) is 0 Å². The number of H-pyrrole nitrogens is 1. The Morgan fingerprint density at radius 2 is 1.88 bits per heavy atom. The molecule has 116 valence electrons. The number of aromatic amines is 1. The van der Waals surface area contributed by atoms with Crippen LogP contribution < -0.4 is 0 Å². The first-order valence-electron chi connectivity index (χ1n) is 7.93. The maximum Gasteiger partial charge on any atom is 0.141 e. The number of nitrogens with one attached hydrogen (secondary N) is 1. The van der Waals surface area contributed by atoms with Crippen molar-refractivity contribution in [3.63, 3.8) is 0 Å². The monoisotopic (exact) mass is 312 g/mol. The molecule has 0 fully saturated rings. The van der Waals surface area contributed by atoms with Crippen LogP contribution in [0, 0.1) is 11.3 Å². The summed E-state index contributed by atoms with van der Waals surface area (Å²) in [6.07, 6.45) is 3.57. The predicted molar refractivity (Wildman–Crippen MR) is 95.6 cm³/mol. The molecule has 0 saturated heterocycles. The predicted octanol–water partition coefficient (Wildman–Crippen LogP) is 4.77. The highest BCUT2D eigenvalue weighted by Gasteiger charge is 2.09. The lowest BCUT2D eigenvalue weighted by Crippen LogP contribution is -1.88. The van der Waals surface area contributed by atoms with E-state index in [0.717, 1.165) is 33.1 Å². The average molecular weight is 312 g/mol. The fraction of sp³-hybridized carbons (Fsp3) is 0.150. The summed E-state index contributed by atoms with van der Waals surface area (Å²) in [6.45, 7) is 4.38. The number of hydrogen-bond acceptors (Lipinski definition) is 3. The van der Waals surface area contributed by atoms with Crippen LogP contribution in [-0.2, 0) is 0 Å². The van der Waals surface area contributed by atoms with Gasteiger partial charge in [0.2, 0.25) is 0 Å². The molecule has 1 N–H and O–H groups in total. The highest BCUT2D eigenvalue weighted by molar-refractivity contribution is 6.06. The Hall–Kier alpha value is -3.19. The van der Waals surface area contributed by atoms with Crippen molar-refractivity contribution in [1.82, 2.24) is 15.0 Å². The summed E-state index contributed by atoms with van der Waals surface area (Å²) in [5.74, 6) is 0.485. The third-order valence-electron chi connectivity index (χ3n) is 4.34. The molecule has 4 nitrogen and oxygen atoms in total. The number of nitrogens with zero attached hydrogens (tertiary/aromatic N) is 3. The number of rotatable bonds is 2. The molecule has 0 aliphatic heterocycles. The van der Waals surface area contributed by atoms with Crippen molar-refractivity contribution in [1.29, 1.82) is 5.26 Å². The van der Waals surface area contributed by atoms with Gasteiger partial charge in [0.25, 0.3) is 0 Å². The van der Waals surface area contributed by atoms with Crippen LogP contribution in [-0.4, -0.2) is 15.0 Å². The molecular weight excluding hydrogens is 296 g/mol. The van der Waals surface area contributed by atoms with Gasteiger partial charge in [0, 0.05) is 22.5 Å². The second-order valence-electron chi connectivity index (χ2n) is 6.25. The lowest BCUT2D eigenvalue weighted by molar-refractivity contribution is 0.867. The summed E-state index contributed by atoms with van der Waals surface area (Å²) < 4.78 is 0. The molecular formula is C20H16N4. The van der Waals surface area contributed by atoms with Crippen LogP contribution >= 0.6 is 0 Å². The lowest BCUT2D eigenvalue weighted by atomic mass is 9.98. The van der Waals surface area contributed by atoms with Crippen LogP contribution in [0.5, 0.6) is 0 Å². The SMILES string of the molecule is CC(C)c1cccc(-c2cnc3[nH]c4cnc(C#N)cc4c3c2)c1. The van der Waals surface area contributed by atoms with E-state index in [1.165, 1.54) is 5.56 Å². The van der Waals surface area contributed by atoms with E-state index in [9.17, 15) is 0 Å². The van der Waals surface area contributed by atoms with Crippen molar-refractivity contribution in [3.05, 3.63) is 60.0 Å². The fourth-order valence-corrected chi connectivity index (χ4v) is 2.97. The molecule has 24 heavy (non-hydrogen) atoms. The first kappa shape index (κ1) is 14.4. The quantitative estimate of drug-likeness (QED) is 0.579. The van der Waals surface area contributed by atoms with Crippen LogP contribution in [0.2, 0.25) is 0 Å². The van der Waals surface area contributed by atoms with Crippen LogP contribution in [0.1, 0.15) is 31.0 Å². The number of pyridine rings is 2. The minimum Gasteiger partial charge on any atom is -0.338 e. The van der Waals surface area contributed by atoms with E-state index >= 15 is 0 Å². The minimum atomic E-state index is 0.413. The molecule has 0 bridgehead atoms. The van der Waals surface area contributed by atoms with Gasteiger partial charge in [0.15, 0.2) is 0 Å². The molecule has 3 aromatic heterocycles. The zero-order chi connectivity index (χ0) is 16.7. The lowest BCUT2D eigenvalue weighted by Gasteiger charge is -2.08. The van der Waals surface area contributed by atoms with E-state index in [0.29, 0.717) is 11.6 Å². The van der Waals surface area contributed by atoms with Crippen molar-refractivity contribution >= 4 is 21.9 Å². The number of nitriles is 1. The summed E-state index contributed by atoms with van der Waals surface area (Å²) in [5, 5.41) is 11.1. The standard InChI is InChI=1S/C20H16N4/c1-12(2)13-4-3-5-14(6-13)15-7-18-17-8-16(9-21)22-11-19(17)24-20(18)23-10-15/h3-8,10-12H,1-2H3,(H,23,24). The third kappa shape index (κ3) is 2.31. The molecule has 0 unspecified atom stereocenters. The van der Waals surface area contributed by atoms with Gasteiger partial charge in [-0.1, -0.05) is 38.1 Å². The third-order valence-corrected chi connectivity index (χ3v) is 4.34. The maximum absolute atomic E-state index is 9.08. The molecule has 0 amide bonds. The Kier molecular flexibility index (Phi) is 3.28. The molecule has 0 saturated carbocycles. The molecule has 0 atom stereocenters. The van der Waals surface area contributed by atoms with E-state index in [4.69, 9.17) is 5.26 Å². The van der Waals surface area contributed by atoms with Crippen LogP contribution in [0.15, 0.2) is 48.8 Å². The molecule has 3 heterocycles. The highest BCUT2D eigenvalue weighted by Crippen LogP contribution is 2.29. The van der Waals surface area contributed by atoms with Crippen molar-refractivity contribution in [2.75, 3.05) is 0 Å². The van der Waals surface area contributed by atoms with Crippen molar-refractivity contribution in [3.8, 4) is 17.2 Å². The Labute approximate surface area is 139 Å². The summed E-state index contributed by atoms with van der Waals surface area (Å²) in [4.78, 5) is 11.9. The zero-order valence-corrected chi connectivity index (χ0v) is 13.5. The molecule has 0 spiro atoms. The topological polar surface area (TPSA) is 65.4 Å². The van der Waals surface area contributed by atoms with E-state index in [1.54, 1.807) is 6.20 Å². The molecule has 0 radical (unpaired) electrons. The van der Waals surface area contributed by atoms with E-state index in [-0.39, 0.29) is 0 Å². The average Bonchev–Trinajstić information content (AvgIpc) is 2.98. The van der Waals surface area contributed by atoms with Gasteiger partial charge in [-0.2, -0.15) is 5.26 Å². The van der Waals surface area contributed by atoms with Gasteiger partial charge in [-0.15, -0.1) is 0 Å². The van der Waals surface area contributed by atoms with E-state index in [2.05, 4.69) is 65.2 Å². The number of benzene rings is 1. The smallest absolute Gasteiger partial charge is 0.141 e. The largest absolute Gasteiger partial charge is 0.338 e. The van der Waals surface area contributed by atoms with Crippen molar-refractivity contribution < 1.29 is 0 Å². The first-order valence-corrected chi connectivity index (χ1v) is 7.93. The van der Waals surface area contributed by atoms with Gasteiger partial charge in [-0.25, -0.2) is 9.97 Å². The van der Waals surface area contributed by atoms with Crippen LogP contribution in [0.25, 0.3) is 33.1 Å².